The van der Waals surface area contributed by atoms with Crippen LogP contribution in [0.4, 0.5) is 0 Å². The monoisotopic (exact) mass is 665 g/mol. The first-order valence-corrected chi connectivity index (χ1v) is 10.0. The number of phenolic OH excluding ortho intramolecular Hbond substituents is 1. The summed E-state index contributed by atoms with van der Waals surface area (Å²) >= 11 is 6.54. The van der Waals surface area contributed by atoms with Crippen LogP contribution in [0, 0.1) is 10.7 Å². The molecule has 1 atom stereocenters. The molecule has 0 saturated heterocycles. The molecule has 0 heterocycles. The lowest BCUT2D eigenvalue weighted by molar-refractivity contribution is -0.142. The number of carbonyl (C=O) groups is 1. The van der Waals surface area contributed by atoms with Crippen LogP contribution in [0.25, 0.3) is 0 Å². The van der Waals surface area contributed by atoms with Gasteiger partial charge in [0, 0.05) is 3.57 Å². The van der Waals surface area contributed by atoms with Crippen LogP contribution in [0.15, 0.2) is 30.3 Å². The van der Waals surface area contributed by atoms with Crippen LogP contribution in [0.3, 0.4) is 0 Å². The lowest BCUT2D eigenvalue weighted by Gasteiger charge is -2.15. The van der Waals surface area contributed by atoms with Gasteiger partial charge in [-0.2, -0.15) is 0 Å². The van der Waals surface area contributed by atoms with E-state index in [9.17, 15) is 9.90 Å². The number of phenols is 1. The van der Waals surface area contributed by atoms with Crippen molar-refractivity contribution in [3.05, 3.63) is 46.6 Å². The molecule has 1 unspecified atom stereocenters. The highest BCUT2D eigenvalue weighted by atomic mass is 127. The molecule has 0 bridgehead atoms. The first kappa shape index (κ1) is 20.0. The van der Waals surface area contributed by atoms with Gasteiger partial charge in [0.05, 0.1) is 14.3 Å². The van der Waals surface area contributed by atoms with Crippen LogP contribution < -0.4 is 10.5 Å². The predicted molar refractivity (Wildman–Crippen MR) is 116 cm³/mol. The molecule has 0 aliphatic heterocycles. The van der Waals surface area contributed by atoms with E-state index < -0.39 is 12.0 Å². The Morgan fingerprint density at radius 2 is 1.83 bits per heavy atom. The number of hydrogen-bond donors (Lipinski definition) is 2. The van der Waals surface area contributed by atoms with E-state index in [1.54, 1.807) is 18.2 Å². The van der Waals surface area contributed by atoms with E-state index >= 15 is 0 Å². The second-order valence-electron chi connectivity index (χ2n) is 4.90. The van der Waals surface area contributed by atoms with Gasteiger partial charge >= 0.3 is 5.97 Å². The van der Waals surface area contributed by atoms with Gasteiger partial charge in [0.2, 0.25) is 0 Å². The van der Waals surface area contributed by atoms with E-state index in [1.807, 2.05) is 12.1 Å². The fourth-order valence-corrected chi connectivity index (χ4v) is 3.88. The highest BCUT2D eigenvalue weighted by Gasteiger charge is 2.18. The van der Waals surface area contributed by atoms with E-state index in [4.69, 9.17) is 10.5 Å². The number of halogens is 3. The molecule has 5 nitrogen and oxygen atoms in total. The van der Waals surface area contributed by atoms with Crippen molar-refractivity contribution in [1.82, 2.24) is 0 Å². The van der Waals surface area contributed by atoms with Crippen molar-refractivity contribution in [2.45, 2.75) is 12.5 Å². The Bertz CT molecular complexity index is 767. The summed E-state index contributed by atoms with van der Waals surface area (Å²) in [6.07, 6.45) is 0.401. The van der Waals surface area contributed by atoms with Crippen molar-refractivity contribution < 1.29 is 19.4 Å². The second kappa shape index (κ2) is 8.85. The van der Waals surface area contributed by atoms with Crippen molar-refractivity contribution in [3.8, 4) is 17.2 Å². The average Bonchev–Trinajstić information content (AvgIpc) is 2.55. The molecule has 0 radical (unpaired) electrons. The minimum Gasteiger partial charge on any atom is -0.508 e. The third kappa shape index (κ3) is 4.85. The number of methoxy groups -OCH3 is 1. The highest BCUT2D eigenvalue weighted by Crippen LogP contribution is 2.35. The van der Waals surface area contributed by atoms with E-state index in [0.29, 0.717) is 17.9 Å². The minimum absolute atomic E-state index is 0.197. The van der Waals surface area contributed by atoms with Gasteiger partial charge in [0.25, 0.3) is 0 Å². The maximum atomic E-state index is 11.5. The fraction of sp³-hybridized carbons (Fsp3) is 0.188. The van der Waals surface area contributed by atoms with Crippen LogP contribution in [-0.2, 0) is 16.0 Å². The lowest BCUT2D eigenvalue weighted by Crippen LogP contribution is -2.33. The molecule has 24 heavy (non-hydrogen) atoms. The number of ether oxygens (including phenoxy) is 2. The molecule has 0 aliphatic carbocycles. The summed E-state index contributed by atoms with van der Waals surface area (Å²) in [5, 5.41) is 9.48. The average molecular weight is 665 g/mol. The van der Waals surface area contributed by atoms with Gasteiger partial charge in [-0.1, -0.05) is 6.07 Å². The largest absolute Gasteiger partial charge is 0.508 e. The Morgan fingerprint density at radius 1 is 1.17 bits per heavy atom. The molecule has 2 aromatic carbocycles. The quantitative estimate of drug-likeness (QED) is 0.373. The van der Waals surface area contributed by atoms with Crippen LogP contribution in [0.1, 0.15) is 5.56 Å². The highest BCUT2D eigenvalue weighted by molar-refractivity contribution is 14.1. The van der Waals surface area contributed by atoms with Gasteiger partial charge in [-0.3, -0.25) is 4.79 Å². The van der Waals surface area contributed by atoms with Crippen LogP contribution in [-0.4, -0.2) is 24.2 Å². The number of benzene rings is 2. The number of aromatic hydroxyl groups is 1. The smallest absolute Gasteiger partial charge is 0.322 e. The zero-order valence-electron chi connectivity index (χ0n) is 12.6. The summed E-state index contributed by atoms with van der Waals surface area (Å²) in [4.78, 5) is 11.5. The minimum atomic E-state index is -0.691. The normalized spacial score (nSPS) is 11.9. The Morgan fingerprint density at radius 3 is 2.46 bits per heavy atom. The van der Waals surface area contributed by atoms with Crippen molar-refractivity contribution in [3.63, 3.8) is 0 Å². The zero-order chi connectivity index (χ0) is 17.9. The molecular formula is C16H14I3NO4. The molecule has 0 amide bonds. The SMILES string of the molecule is COC(=O)C(N)Cc1ccc(Oc2ccc(O)cc2I)c(I)c1I. The summed E-state index contributed by atoms with van der Waals surface area (Å²) in [7, 11) is 1.33. The number of carbonyl (C=O) groups excluding carboxylic acids is 1. The van der Waals surface area contributed by atoms with E-state index in [-0.39, 0.29) is 5.75 Å². The Balaban J connectivity index is 2.25. The summed E-state index contributed by atoms with van der Waals surface area (Å²) < 4.78 is 13.4. The van der Waals surface area contributed by atoms with E-state index in [2.05, 4.69) is 72.5 Å². The van der Waals surface area contributed by atoms with Crippen LogP contribution in [0.5, 0.6) is 17.2 Å². The Labute approximate surface area is 180 Å². The molecule has 2 rings (SSSR count). The lowest BCUT2D eigenvalue weighted by atomic mass is 10.1. The van der Waals surface area contributed by atoms with Crippen molar-refractivity contribution in [1.29, 1.82) is 0 Å². The van der Waals surface area contributed by atoms with Gasteiger partial charge in [0.1, 0.15) is 23.3 Å². The maximum Gasteiger partial charge on any atom is 0.322 e. The molecular weight excluding hydrogens is 651 g/mol. The number of hydrogen-bond acceptors (Lipinski definition) is 5. The second-order valence-corrected chi connectivity index (χ2v) is 8.22. The standard InChI is InChI=1S/C16H14I3NO4/c1-23-16(22)11(20)6-8-2-4-13(15(19)14(8)18)24-12-5-3-9(21)7-10(12)17/h2-5,7,11,21H,6,20H2,1H3. The third-order valence-electron chi connectivity index (χ3n) is 3.21. The molecule has 0 aliphatic rings. The molecule has 2 aromatic rings. The fourth-order valence-electron chi connectivity index (χ4n) is 1.97. The first-order chi connectivity index (χ1) is 11.3. The van der Waals surface area contributed by atoms with Gasteiger partial charge in [-0.25, -0.2) is 0 Å². The summed E-state index contributed by atoms with van der Waals surface area (Å²) in [6.45, 7) is 0. The van der Waals surface area contributed by atoms with Crippen molar-refractivity contribution in [2.75, 3.05) is 7.11 Å². The molecule has 0 spiro atoms. The van der Waals surface area contributed by atoms with E-state index in [1.165, 1.54) is 7.11 Å². The number of esters is 1. The predicted octanol–water partition coefficient (Wildman–Crippen LogP) is 4.04. The molecule has 0 aromatic heterocycles. The molecule has 3 N–H and O–H groups in total. The molecule has 8 heteroatoms. The van der Waals surface area contributed by atoms with Gasteiger partial charge < -0.3 is 20.3 Å². The zero-order valence-corrected chi connectivity index (χ0v) is 19.0. The molecule has 128 valence electrons. The number of nitrogens with two attached hydrogens (primary N) is 1. The maximum absolute atomic E-state index is 11.5. The summed E-state index contributed by atoms with van der Waals surface area (Å²) in [5.41, 5.74) is 6.80. The van der Waals surface area contributed by atoms with Crippen LogP contribution >= 0.6 is 67.8 Å². The molecule has 0 fully saturated rings. The van der Waals surface area contributed by atoms with E-state index in [0.717, 1.165) is 16.3 Å². The topological polar surface area (TPSA) is 81.8 Å². The van der Waals surface area contributed by atoms with Gasteiger partial charge in [-0.05, 0) is 104 Å². The Hall–Kier alpha value is -0.340. The van der Waals surface area contributed by atoms with Crippen molar-refractivity contribution >= 4 is 73.7 Å². The van der Waals surface area contributed by atoms with Gasteiger partial charge in [-0.15, -0.1) is 0 Å². The van der Waals surface area contributed by atoms with Gasteiger partial charge in [0.15, 0.2) is 0 Å². The number of rotatable bonds is 5. The van der Waals surface area contributed by atoms with Crippen LogP contribution in [0.2, 0.25) is 0 Å². The Kier molecular flexibility index (Phi) is 7.37. The summed E-state index contributed by atoms with van der Waals surface area (Å²) in [6, 6.07) is 8.00. The molecule has 0 saturated carbocycles. The third-order valence-corrected chi connectivity index (χ3v) is 7.38. The van der Waals surface area contributed by atoms with Crippen molar-refractivity contribution in [2.24, 2.45) is 5.73 Å². The first-order valence-electron chi connectivity index (χ1n) is 6.80. The summed E-state index contributed by atoms with van der Waals surface area (Å²) in [5.74, 6) is 1.14.